The molecular formula is C24H25BrN6OS. The summed E-state index contributed by atoms with van der Waals surface area (Å²) in [5, 5.41) is 1.11. The molecule has 0 bridgehead atoms. The van der Waals surface area contributed by atoms with Gasteiger partial charge in [-0.15, -0.1) is 0 Å². The Bertz CT molecular complexity index is 1340. The SMILES string of the molecule is C[C@@H]1OCC2(CCN(c3ncc(Sc4ccnc5c(Br)cccc45)c4nccn34)CC2)[C@@H]1N. The topological polar surface area (TPSA) is 81.6 Å². The number of fused-ring (bicyclic) bond motifs is 2. The summed E-state index contributed by atoms with van der Waals surface area (Å²) < 4.78 is 8.98. The number of aromatic nitrogens is 4. The smallest absolute Gasteiger partial charge is 0.211 e. The van der Waals surface area contributed by atoms with Gasteiger partial charge in [0.05, 0.1) is 23.1 Å². The Hall–Kier alpha value is -2.20. The first-order valence-corrected chi connectivity index (χ1v) is 12.8. The lowest BCUT2D eigenvalue weighted by Crippen LogP contribution is -2.51. The maximum Gasteiger partial charge on any atom is 0.211 e. The van der Waals surface area contributed by atoms with Crippen LogP contribution in [0, 0.1) is 5.41 Å². The number of nitrogens with zero attached hydrogens (tertiary/aromatic N) is 5. The first kappa shape index (κ1) is 21.3. The molecule has 2 aliphatic heterocycles. The Balaban J connectivity index is 1.30. The zero-order chi connectivity index (χ0) is 22.6. The van der Waals surface area contributed by atoms with E-state index in [1.165, 1.54) is 0 Å². The number of piperidine rings is 1. The molecule has 6 rings (SSSR count). The molecule has 0 unspecified atom stereocenters. The van der Waals surface area contributed by atoms with Crippen molar-refractivity contribution in [3.63, 3.8) is 0 Å². The highest BCUT2D eigenvalue weighted by Crippen LogP contribution is 2.42. The Morgan fingerprint density at radius 1 is 1.12 bits per heavy atom. The fourth-order valence-corrected chi connectivity index (χ4v) is 6.59. The van der Waals surface area contributed by atoms with Crippen LogP contribution in [0.4, 0.5) is 5.95 Å². The highest BCUT2D eigenvalue weighted by Gasteiger charge is 2.47. The molecule has 0 aliphatic carbocycles. The molecule has 9 heteroatoms. The van der Waals surface area contributed by atoms with Crippen molar-refractivity contribution in [1.82, 2.24) is 19.4 Å². The van der Waals surface area contributed by atoms with Gasteiger partial charge in [0, 0.05) is 64.1 Å². The Morgan fingerprint density at radius 2 is 1.97 bits per heavy atom. The summed E-state index contributed by atoms with van der Waals surface area (Å²) in [5.41, 5.74) is 8.47. The van der Waals surface area contributed by atoms with E-state index in [1.54, 1.807) is 11.8 Å². The molecule has 2 N–H and O–H groups in total. The number of nitrogens with two attached hydrogens (primary N) is 1. The summed E-state index contributed by atoms with van der Waals surface area (Å²) in [7, 11) is 0. The van der Waals surface area contributed by atoms with Gasteiger partial charge >= 0.3 is 0 Å². The van der Waals surface area contributed by atoms with Crippen LogP contribution in [0.1, 0.15) is 19.8 Å². The molecule has 0 radical (unpaired) electrons. The van der Waals surface area contributed by atoms with E-state index in [4.69, 9.17) is 15.5 Å². The van der Waals surface area contributed by atoms with E-state index in [1.807, 2.05) is 43.0 Å². The number of rotatable bonds is 3. The number of imidazole rings is 1. The van der Waals surface area contributed by atoms with Crippen molar-refractivity contribution >= 4 is 50.2 Å². The number of hydrogen-bond donors (Lipinski definition) is 1. The van der Waals surface area contributed by atoms with Crippen LogP contribution in [-0.2, 0) is 4.74 Å². The van der Waals surface area contributed by atoms with Gasteiger partial charge in [0.25, 0.3) is 0 Å². The van der Waals surface area contributed by atoms with Gasteiger partial charge in [-0.05, 0) is 47.8 Å². The van der Waals surface area contributed by atoms with Crippen molar-refractivity contribution in [2.45, 2.75) is 41.7 Å². The van der Waals surface area contributed by atoms with Crippen molar-refractivity contribution < 1.29 is 4.74 Å². The lowest BCUT2D eigenvalue weighted by atomic mass is 9.73. The number of para-hydroxylation sites is 1. The third kappa shape index (κ3) is 3.53. The van der Waals surface area contributed by atoms with Crippen LogP contribution in [-0.4, -0.2) is 51.2 Å². The summed E-state index contributed by atoms with van der Waals surface area (Å²) in [6.45, 7) is 4.69. The molecule has 33 heavy (non-hydrogen) atoms. The van der Waals surface area contributed by atoms with E-state index in [9.17, 15) is 0 Å². The first-order chi connectivity index (χ1) is 16.1. The van der Waals surface area contributed by atoms with Crippen LogP contribution in [0.3, 0.4) is 0 Å². The van der Waals surface area contributed by atoms with Crippen LogP contribution in [0.25, 0.3) is 16.6 Å². The molecule has 170 valence electrons. The maximum atomic E-state index is 6.50. The number of pyridine rings is 1. The van der Waals surface area contributed by atoms with E-state index < -0.39 is 0 Å². The molecule has 0 amide bonds. The zero-order valence-corrected chi connectivity index (χ0v) is 20.7. The molecule has 1 aromatic carbocycles. The summed E-state index contributed by atoms with van der Waals surface area (Å²) in [6, 6.07) is 8.30. The molecule has 2 saturated heterocycles. The van der Waals surface area contributed by atoms with E-state index in [-0.39, 0.29) is 17.6 Å². The third-order valence-electron chi connectivity index (χ3n) is 7.16. The van der Waals surface area contributed by atoms with Gasteiger partial charge < -0.3 is 15.4 Å². The van der Waals surface area contributed by atoms with Crippen LogP contribution in [0.5, 0.6) is 0 Å². The van der Waals surface area contributed by atoms with Crippen LogP contribution in [0.15, 0.2) is 63.3 Å². The normalized spacial score (nSPS) is 22.6. The molecule has 2 aliphatic rings. The molecule has 7 nitrogen and oxygen atoms in total. The van der Waals surface area contributed by atoms with Crippen molar-refractivity contribution in [3.05, 3.63) is 53.5 Å². The Labute approximate surface area is 204 Å². The van der Waals surface area contributed by atoms with Crippen molar-refractivity contribution in [1.29, 1.82) is 0 Å². The van der Waals surface area contributed by atoms with Gasteiger partial charge in [0.2, 0.25) is 5.95 Å². The molecule has 3 aromatic heterocycles. The van der Waals surface area contributed by atoms with Crippen LogP contribution < -0.4 is 10.6 Å². The molecule has 1 spiro atoms. The summed E-state index contributed by atoms with van der Waals surface area (Å²) in [6.07, 6.45) is 9.82. The molecular weight excluding hydrogens is 500 g/mol. The highest BCUT2D eigenvalue weighted by molar-refractivity contribution is 9.10. The highest BCUT2D eigenvalue weighted by atomic mass is 79.9. The van der Waals surface area contributed by atoms with E-state index >= 15 is 0 Å². The Kier molecular flexibility index (Phi) is 5.32. The average Bonchev–Trinajstić information content (AvgIpc) is 3.43. The van der Waals surface area contributed by atoms with Gasteiger partial charge in [0.15, 0.2) is 5.65 Å². The summed E-state index contributed by atoms with van der Waals surface area (Å²) in [4.78, 5) is 18.6. The van der Waals surface area contributed by atoms with Gasteiger partial charge in [-0.25, -0.2) is 9.97 Å². The minimum absolute atomic E-state index is 0.0937. The predicted octanol–water partition coefficient (Wildman–Crippen LogP) is 4.52. The van der Waals surface area contributed by atoms with Gasteiger partial charge in [-0.1, -0.05) is 23.9 Å². The molecule has 4 aromatic rings. The van der Waals surface area contributed by atoms with E-state index in [0.29, 0.717) is 0 Å². The quantitative estimate of drug-likeness (QED) is 0.421. The van der Waals surface area contributed by atoms with Crippen molar-refractivity contribution in [2.75, 3.05) is 24.6 Å². The fourth-order valence-electron chi connectivity index (χ4n) is 5.14. The van der Waals surface area contributed by atoms with Crippen molar-refractivity contribution in [3.8, 4) is 0 Å². The zero-order valence-electron chi connectivity index (χ0n) is 18.3. The number of anilines is 1. The average molecular weight is 525 g/mol. The van der Waals surface area contributed by atoms with E-state index in [0.717, 1.165) is 69.3 Å². The fraction of sp³-hybridized carbons (Fsp3) is 0.375. The van der Waals surface area contributed by atoms with Gasteiger partial charge in [0.1, 0.15) is 0 Å². The lowest BCUT2D eigenvalue weighted by Gasteiger charge is -2.41. The largest absolute Gasteiger partial charge is 0.376 e. The number of hydrogen-bond acceptors (Lipinski definition) is 7. The number of benzene rings is 1. The number of halogens is 1. The predicted molar refractivity (Wildman–Crippen MR) is 134 cm³/mol. The monoisotopic (exact) mass is 524 g/mol. The Morgan fingerprint density at radius 3 is 2.76 bits per heavy atom. The van der Waals surface area contributed by atoms with Crippen LogP contribution >= 0.6 is 27.7 Å². The standard InChI is InChI=1S/C24H25BrN6OS/c1-15-21(26)24(14-32-15)6-10-30(11-7-24)23-29-13-19(22-28-9-12-31(22)23)33-18-5-8-27-20-16(18)3-2-4-17(20)25/h2-5,8-9,12-13,15,21H,6-7,10-11,14,26H2,1H3/t15-,21+/m0/s1. The van der Waals surface area contributed by atoms with Crippen LogP contribution in [0.2, 0.25) is 0 Å². The third-order valence-corrected chi connectivity index (χ3v) is 8.89. The maximum absolute atomic E-state index is 6.50. The second-order valence-electron chi connectivity index (χ2n) is 8.98. The van der Waals surface area contributed by atoms with Gasteiger partial charge in [-0.2, -0.15) is 0 Å². The van der Waals surface area contributed by atoms with Crippen molar-refractivity contribution in [2.24, 2.45) is 11.1 Å². The van der Waals surface area contributed by atoms with Gasteiger partial charge in [-0.3, -0.25) is 9.38 Å². The summed E-state index contributed by atoms with van der Waals surface area (Å²) in [5.74, 6) is 0.935. The minimum Gasteiger partial charge on any atom is -0.376 e. The minimum atomic E-state index is 0.0937. The lowest BCUT2D eigenvalue weighted by molar-refractivity contribution is 0.0973. The number of ether oxygens (including phenoxy) is 1. The second kappa shape index (κ2) is 8.23. The molecule has 5 heterocycles. The molecule has 2 fully saturated rings. The molecule has 0 saturated carbocycles. The van der Waals surface area contributed by atoms with E-state index in [2.05, 4.69) is 48.2 Å². The molecule has 2 atom stereocenters. The summed E-state index contributed by atoms with van der Waals surface area (Å²) >= 11 is 5.28. The first-order valence-electron chi connectivity index (χ1n) is 11.2. The second-order valence-corrected chi connectivity index (χ2v) is 10.9.